The van der Waals surface area contributed by atoms with Gasteiger partial charge in [0.05, 0.1) is 17.8 Å². The molecule has 2 heterocycles. The quantitative estimate of drug-likeness (QED) is 0.783. The van der Waals surface area contributed by atoms with Crippen molar-refractivity contribution in [2.24, 2.45) is 5.92 Å². The first-order valence-corrected chi connectivity index (χ1v) is 6.32. The standard InChI is InChI=1S/C12H19N5O2/c1-12(2)9(6-10(18)17(12)3)11(19)13-5-4-8-7-14-16-15-8/h7,9H,4-6H2,1-3H3,(H,13,19)(H,14,15,16)/t9-/m1/s1. The topological polar surface area (TPSA) is 91.0 Å². The SMILES string of the molecule is CN1C(=O)C[C@H](C(=O)NCCc2cn[nH]n2)C1(C)C. The molecule has 0 saturated carbocycles. The number of likely N-dealkylation sites (tertiary alicyclic amines) is 1. The zero-order valence-electron chi connectivity index (χ0n) is 11.4. The van der Waals surface area contributed by atoms with Crippen LogP contribution >= 0.6 is 0 Å². The van der Waals surface area contributed by atoms with Gasteiger partial charge in [-0.25, -0.2) is 0 Å². The predicted molar refractivity (Wildman–Crippen MR) is 68.1 cm³/mol. The van der Waals surface area contributed by atoms with E-state index in [-0.39, 0.29) is 24.2 Å². The van der Waals surface area contributed by atoms with Crippen LogP contribution in [0.15, 0.2) is 6.20 Å². The average molecular weight is 265 g/mol. The number of aromatic nitrogens is 3. The van der Waals surface area contributed by atoms with Crippen LogP contribution in [0.1, 0.15) is 26.0 Å². The molecule has 1 aliphatic rings. The number of rotatable bonds is 4. The fraction of sp³-hybridized carbons (Fsp3) is 0.667. The normalized spacial score (nSPS) is 21.7. The van der Waals surface area contributed by atoms with Crippen molar-refractivity contribution in [1.29, 1.82) is 0 Å². The molecule has 1 aliphatic heterocycles. The van der Waals surface area contributed by atoms with Crippen LogP contribution in [0.5, 0.6) is 0 Å². The van der Waals surface area contributed by atoms with Crippen molar-refractivity contribution in [3.63, 3.8) is 0 Å². The minimum Gasteiger partial charge on any atom is -0.355 e. The summed E-state index contributed by atoms with van der Waals surface area (Å²) in [5.74, 6) is -0.366. The molecule has 0 bridgehead atoms. The van der Waals surface area contributed by atoms with Gasteiger partial charge in [-0.3, -0.25) is 9.59 Å². The zero-order chi connectivity index (χ0) is 14.0. The van der Waals surface area contributed by atoms with Crippen LogP contribution in [-0.4, -0.2) is 51.3 Å². The number of carbonyl (C=O) groups excluding carboxylic acids is 2. The second-order valence-electron chi connectivity index (χ2n) is 5.37. The summed E-state index contributed by atoms with van der Waals surface area (Å²) in [4.78, 5) is 25.5. The second-order valence-corrected chi connectivity index (χ2v) is 5.37. The molecule has 0 aromatic carbocycles. The van der Waals surface area contributed by atoms with Crippen LogP contribution in [0.4, 0.5) is 0 Å². The summed E-state index contributed by atoms with van der Waals surface area (Å²) in [5.41, 5.74) is 0.369. The molecule has 0 radical (unpaired) electrons. The van der Waals surface area contributed by atoms with E-state index in [2.05, 4.69) is 20.7 Å². The van der Waals surface area contributed by atoms with Crippen molar-refractivity contribution in [2.45, 2.75) is 32.2 Å². The molecule has 2 N–H and O–H groups in total. The lowest BCUT2D eigenvalue weighted by molar-refractivity contribution is -0.128. The third-order valence-corrected chi connectivity index (χ3v) is 3.93. The maximum atomic E-state index is 12.1. The molecule has 7 nitrogen and oxygen atoms in total. The molecular weight excluding hydrogens is 246 g/mol. The van der Waals surface area contributed by atoms with Crippen molar-refractivity contribution >= 4 is 11.8 Å². The van der Waals surface area contributed by atoms with Crippen LogP contribution < -0.4 is 5.32 Å². The molecule has 19 heavy (non-hydrogen) atoms. The van der Waals surface area contributed by atoms with Crippen LogP contribution in [0.25, 0.3) is 0 Å². The van der Waals surface area contributed by atoms with Gasteiger partial charge in [0, 0.05) is 32.0 Å². The number of hydrogen-bond acceptors (Lipinski definition) is 4. The van der Waals surface area contributed by atoms with Crippen molar-refractivity contribution in [2.75, 3.05) is 13.6 Å². The van der Waals surface area contributed by atoms with Gasteiger partial charge >= 0.3 is 0 Å². The number of nitrogens with one attached hydrogen (secondary N) is 2. The third kappa shape index (κ3) is 2.59. The largest absolute Gasteiger partial charge is 0.355 e. The van der Waals surface area contributed by atoms with Crippen LogP contribution in [0, 0.1) is 5.92 Å². The van der Waals surface area contributed by atoms with E-state index in [1.54, 1.807) is 18.1 Å². The molecule has 1 aromatic rings. The van der Waals surface area contributed by atoms with Gasteiger partial charge in [-0.1, -0.05) is 0 Å². The van der Waals surface area contributed by atoms with Gasteiger partial charge in [0.15, 0.2) is 0 Å². The molecule has 2 amide bonds. The van der Waals surface area contributed by atoms with Crippen LogP contribution in [0.3, 0.4) is 0 Å². The lowest BCUT2D eigenvalue weighted by Gasteiger charge is -2.32. The van der Waals surface area contributed by atoms with E-state index in [0.717, 1.165) is 5.69 Å². The Labute approximate surface area is 111 Å². The Balaban J connectivity index is 1.88. The molecular formula is C12H19N5O2. The van der Waals surface area contributed by atoms with E-state index < -0.39 is 5.54 Å². The van der Waals surface area contributed by atoms with Gasteiger partial charge in [0.2, 0.25) is 11.8 Å². The maximum Gasteiger partial charge on any atom is 0.226 e. The first-order chi connectivity index (χ1) is 8.93. The number of nitrogens with zero attached hydrogens (tertiary/aromatic N) is 3. The Hall–Kier alpha value is -1.92. The van der Waals surface area contributed by atoms with Gasteiger partial charge in [0.1, 0.15) is 0 Å². The molecule has 1 aromatic heterocycles. The smallest absolute Gasteiger partial charge is 0.226 e. The van der Waals surface area contributed by atoms with E-state index >= 15 is 0 Å². The predicted octanol–water partition coefficient (Wildman–Crippen LogP) is -0.280. The van der Waals surface area contributed by atoms with E-state index in [1.165, 1.54) is 0 Å². The molecule has 1 saturated heterocycles. The number of aromatic amines is 1. The highest BCUT2D eigenvalue weighted by atomic mass is 16.2. The fourth-order valence-corrected chi connectivity index (χ4v) is 2.31. The molecule has 1 fully saturated rings. The summed E-state index contributed by atoms with van der Waals surface area (Å²) in [7, 11) is 1.74. The summed E-state index contributed by atoms with van der Waals surface area (Å²) in [5, 5.41) is 13.0. The Morgan fingerprint density at radius 2 is 2.37 bits per heavy atom. The van der Waals surface area contributed by atoms with E-state index in [4.69, 9.17) is 0 Å². The van der Waals surface area contributed by atoms with Crippen LogP contribution in [0.2, 0.25) is 0 Å². The third-order valence-electron chi connectivity index (χ3n) is 3.93. The van der Waals surface area contributed by atoms with Crippen molar-refractivity contribution in [1.82, 2.24) is 25.6 Å². The average Bonchev–Trinajstić information content (AvgIpc) is 2.93. The Morgan fingerprint density at radius 1 is 1.63 bits per heavy atom. The molecule has 0 aliphatic carbocycles. The van der Waals surface area contributed by atoms with Gasteiger partial charge in [-0.05, 0) is 13.8 Å². The highest BCUT2D eigenvalue weighted by molar-refractivity contribution is 5.90. The lowest BCUT2D eigenvalue weighted by atomic mass is 9.88. The molecule has 7 heteroatoms. The van der Waals surface area contributed by atoms with Gasteiger partial charge < -0.3 is 10.2 Å². The van der Waals surface area contributed by atoms with E-state index in [1.807, 2.05) is 13.8 Å². The summed E-state index contributed by atoms with van der Waals surface area (Å²) < 4.78 is 0. The van der Waals surface area contributed by atoms with Crippen molar-refractivity contribution < 1.29 is 9.59 Å². The van der Waals surface area contributed by atoms with Gasteiger partial charge in [-0.2, -0.15) is 15.4 Å². The monoisotopic (exact) mass is 265 g/mol. The molecule has 1 atom stereocenters. The Kier molecular flexibility index (Phi) is 3.55. The molecule has 0 unspecified atom stereocenters. The van der Waals surface area contributed by atoms with Gasteiger partial charge in [-0.15, -0.1) is 0 Å². The lowest BCUT2D eigenvalue weighted by Crippen LogP contribution is -2.47. The summed E-state index contributed by atoms with van der Waals surface area (Å²) in [6.45, 7) is 4.33. The molecule has 2 rings (SSSR count). The van der Waals surface area contributed by atoms with E-state index in [9.17, 15) is 9.59 Å². The minimum atomic E-state index is -0.435. The van der Waals surface area contributed by atoms with E-state index in [0.29, 0.717) is 13.0 Å². The number of hydrogen-bond donors (Lipinski definition) is 2. The Bertz CT molecular complexity index is 468. The molecule has 104 valence electrons. The van der Waals surface area contributed by atoms with Crippen LogP contribution in [-0.2, 0) is 16.0 Å². The summed E-state index contributed by atoms with van der Waals surface area (Å²) in [6, 6.07) is 0. The zero-order valence-corrected chi connectivity index (χ0v) is 11.4. The summed E-state index contributed by atoms with van der Waals surface area (Å²) in [6.07, 6.45) is 2.53. The summed E-state index contributed by atoms with van der Waals surface area (Å²) >= 11 is 0. The highest BCUT2D eigenvalue weighted by Gasteiger charge is 2.47. The van der Waals surface area contributed by atoms with Crippen molar-refractivity contribution in [3.05, 3.63) is 11.9 Å². The Morgan fingerprint density at radius 3 is 2.89 bits per heavy atom. The van der Waals surface area contributed by atoms with Gasteiger partial charge in [0.25, 0.3) is 0 Å². The fourth-order valence-electron chi connectivity index (χ4n) is 2.31. The van der Waals surface area contributed by atoms with Crippen molar-refractivity contribution in [3.8, 4) is 0 Å². The highest BCUT2D eigenvalue weighted by Crippen LogP contribution is 2.34. The molecule has 0 spiro atoms. The maximum absolute atomic E-state index is 12.1. The number of amides is 2. The number of carbonyl (C=O) groups is 2. The first kappa shape index (κ1) is 13.5. The minimum absolute atomic E-state index is 0.0154. The first-order valence-electron chi connectivity index (χ1n) is 6.32. The number of H-pyrrole nitrogens is 1. The second kappa shape index (κ2) is 4.99.